The third-order valence-corrected chi connectivity index (χ3v) is 2.42. The highest BCUT2D eigenvalue weighted by Crippen LogP contribution is 2.33. The van der Waals surface area contributed by atoms with Crippen LogP contribution in [0.25, 0.3) is 0 Å². The number of ether oxygens (including phenoxy) is 2. The Labute approximate surface area is 87.4 Å². The van der Waals surface area contributed by atoms with E-state index in [0.29, 0.717) is 0 Å². The summed E-state index contributed by atoms with van der Waals surface area (Å²) in [6.45, 7) is 3.87. The summed E-state index contributed by atoms with van der Waals surface area (Å²) in [5.41, 5.74) is -1.71. The summed E-state index contributed by atoms with van der Waals surface area (Å²) >= 11 is 0. The van der Waals surface area contributed by atoms with Gasteiger partial charge in [0.15, 0.2) is 5.60 Å². The minimum Gasteiger partial charge on any atom is -0.433 e. The second kappa shape index (κ2) is 4.05. The van der Waals surface area contributed by atoms with Crippen LogP contribution in [0.5, 0.6) is 0 Å². The van der Waals surface area contributed by atoms with Gasteiger partial charge in [0.25, 0.3) is 0 Å². The molecule has 1 saturated heterocycles. The quantitative estimate of drug-likeness (QED) is 0.504. The van der Waals surface area contributed by atoms with E-state index in [0.717, 1.165) is 0 Å². The van der Waals surface area contributed by atoms with Crippen molar-refractivity contribution in [2.24, 2.45) is 0 Å². The van der Waals surface area contributed by atoms with E-state index in [9.17, 15) is 20.1 Å². The van der Waals surface area contributed by atoms with Crippen molar-refractivity contribution in [2.45, 2.75) is 51.0 Å². The largest absolute Gasteiger partial charge is 0.433 e. The van der Waals surface area contributed by atoms with Gasteiger partial charge in [0, 0.05) is 6.92 Å². The van der Waals surface area contributed by atoms with Crippen molar-refractivity contribution in [3.8, 4) is 0 Å². The van der Waals surface area contributed by atoms with Crippen molar-refractivity contribution in [3.05, 3.63) is 0 Å². The maximum Gasteiger partial charge on any atom is 0.305 e. The molecule has 2 unspecified atom stereocenters. The van der Waals surface area contributed by atoms with Crippen LogP contribution in [0.4, 0.5) is 0 Å². The van der Waals surface area contributed by atoms with Gasteiger partial charge in [-0.2, -0.15) is 0 Å². The zero-order chi connectivity index (χ0) is 11.8. The van der Waals surface area contributed by atoms with Crippen molar-refractivity contribution in [1.82, 2.24) is 0 Å². The van der Waals surface area contributed by atoms with Gasteiger partial charge in [-0.05, 0) is 13.8 Å². The van der Waals surface area contributed by atoms with Crippen LogP contribution in [-0.4, -0.2) is 51.5 Å². The van der Waals surface area contributed by atoms with Gasteiger partial charge in [-0.25, -0.2) is 0 Å². The number of hydrogen-bond donors (Lipinski definition) is 3. The van der Waals surface area contributed by atoms with Gasteiger partial charge in [0.05, 0.1) is 6.10 Å². The lowest BCUT2D eigenvalue weighted by Gasteiger charge is -2.25. The molecule has 6 heteroatoms. The van der Waals surface area contributed by atoms with Crippen molar-refractivity contribution in [2.75, 3.05) is 0 Å². The van der Waals surface area contributed by atoms with Crippen molar-refractivity contribution in [1.29, 1.82) is 0 Å². The molecule has 1 aliphatic rings. The van der Waals surface area contributed by atoms with Gasteiger partial charge >= 0.3 is 5.97 Å². The Kier molecular flexibility index (Phi) is 3.34. The second-order valence-electron chi connectivity index (χ2n) is 3.95. The van der Waals surface area contributed by atoms with Gasteiger partial charge in [-0.15, -0.1) is 0 Å². The standard InChI is InChI=1S/C9H16O6/c1-4(10)6-7(12)9(3,13)8(15-6)14-5(2)11/h4,6-8,10,12-13H,1-3H3/t4-,6?,7+,8?,9+/m0/s1. The molecular formula is C9H16O6. The van der Waals surface area contributed by atoms with Crippen molar-refractivity contribution in [3.63, 3.8) is 0 Å². The van der Waals surface area contributed by atoms with E-state index in [4.69, 9.17) is 9.47 Å². The van der Waals surface area contributed by atoms with Crippen molar-refractivity contribution < 1.29 is 29.6 Å². The van der Waals surface area contributed by atoms with E-state index >= 15 is 0 Å². The lowest BCUT2D eigenvalue weighted by atomic mass is 9.95. The molecule has 3 N–H and O–H groups in total. The molecule has 1 rings (SSSR count). The van der Waals surface area contributed by atoms with E-state index in [1.807, 2.05) is 0 Å². The number of aliphatic hydroxyl groups is 3. The van der Waals surface area contributed by atoms with Gasteiger partial charge < -0.3 is 24.8 Å². The van der Waals surface area contributed by atoms with Crippen LogP contribution in [-0.2, 0) is 14.3 Å². The average Bonchev–Trinajstić information content (AvgIpc) is 2.28. The second-order valence-corrected chi connectivity index (χ2v) is 3.95. The Morgan fingerprint density at radius 1 is 1.60 bits per heavy atom. The monoisotopic (exact) mass is 220 g/mol. The summed E-state index contributed by atoms with van der Waals surface area (Å²) in [5, 5.41) is 28.7. The van der Waals surface area contributed by atoms with Gasteiger partial charge in [-0.1, -0.05) is 0 Å². The molecule has 0 aromatic rings. The molecule has 0 aromatic carbocycles. The van der Waals surface area contributed by atoms with E-state index in [1.54, 1.807) is 0 Å². The molecule has 0 radical (unpaired) electrons. The molecule has 0 bridgehead atoms. The topological polar surface area (TPSA) is 96.2 Å². The predicted octanol–water partition coefficient (Wildman–Crippen LogP) is -1.23. The first kappa shape index (κ1) is 12.4. The highest BCUT2D eigenvalue weighted by atomic mass is 16.7. The number of esters is 1. The Bertz CT molecular complexity index is 249. The van der Waals surface area contributed by atoms with Gasteiger partial charge in [0.1, 0.15) is 12.2 Å². The molecule has 6 nitrogen and oxygen atoms in total. The number of carbonyl (C=O) groups is 1. The first-order chi connectivity index (χ1) is 6.76. The summed E-state index contributed by atoms with van der Waals surface area (Å²) in [4.78, 5) is 10.7. The minimum absolute atomic E-state index is 0.626. The normalized spacial score (nSPS) is 42.7. The van der Waals surface area contributed by atoms with Crippen LogP contribution in [0.1, 0.15) is 20.8 Å². The minimum atomic E-state index is -1.71. The number of carbonyl (C=O) groups excluding carboxylic acids is 1. The smallest absolute Gasteiger partial charge is 0.305 e. The summed E-state index contributed by atoms with van der Waals surface area (Å²) in [6, 6.07) is 0. The third-order valence-electron chi connectivity index (χ3n) is 2.42. The maximum absolute atomic E-state index is 10.7. The fraction of sp³-hybridized carbons (Fsp3) is 0.889. The summed E-state index contributed by atoms with van der Waals surface area (Å²) in [7, 11) is 0. The molecule has 0 aliphatic carbocycles. The molecule has 1 aliphatic heterocycles. The zero-order valence-electron chi connectivity index (χ0n) is 8.88. The molecule has 0 spiro atoms. The lowest BCUT2D eigenvalue weighted by molar-refractivity contribution is -0.207. The molecule has 15 heavy (non-hydrogen) atoms. The number of hydrogen-bond acceptors (Lipinski definition) is 6. The summed E-state index contributed by atoms with van der Waals surface area (Å²) < 4.78 is 9.76. The Balaban J connectivity index is 2.80. The van der Waals surface area contributed by atoms with Crippen molar-refractivity contribution >= 4 is 5.97 Å². The Hall–Kier alpha value is -0.690. The van der Waals surface area contributed by atoms with Crippen LogP contribution in [0, 0.1) is 0 Å². The van der Waals surface area contributed by atoms with Crippen LogP contribution in [0.15, 0.2) is 0 Å². The molecular weight excluding hydrogens is 204 g/mol. The van der Waals surface area contributed by atoms with Crippen LogP contribution >= 0.6 is 0 Å². The van der Waals surface area contributed by atoms with E-state index in [1.165, 1.54) is 20.8 Å². The van der Waals surface area contributed by atoms with E-state index in [-0.39, 0.29) is 0 Å². The fourth-order valence-electron chi connectivity index (χ4n) is 1.50. The van der Waals surface area contributed by atoms with Crippen LogP contribution < -0.4 is 0 Å². The summed E-state index contributed by atoms with van der Waals surface area (Å²) in [6.07, 6.45) is -4.50. The Morgan fingerprint density at radius 3 is 2.47 bits per heavy atom. The van der Waals surface area contributed by atoms with Gasteiger partial charge in [-0.3, -0.25) is 4.79 Å². The van der Waals surface area contributed by atoms with E-state index in [2.05, 4.69) is 0 Å². The molecule has 0 aromatic heterocycles. The first-order valence-corrected chi connectivity index (χ1v) is 4.68. The molecule has 1 heterocycles. The van der Waals surface area contributed by atoms with Crippen LogP contribution in [0.2, 0.25) is 0 Å². The molecule has 5 atom stereocenters. The van der Waals surface area contributed by atoms with Crippen LogP contribution in [0.3, 0.4) is 0 Å². The molecule has 0 saturated carbocycles. The SMILES string of the molecule is CC(=O)OC1OC([C@H](C)O)[C@@H](O)[C@@]1(C)O. The Morgan fingerprint density at radius 2 is 2.13 bits per heavy atom. The highest BCUT2D eigenvalue weighted by Gasteiger charge is 2.55. The summed E-state index contributed by atoms with van der Waals surface area (Å²) in [5.74, 6) is -0.626. The average molecular weight is 220 g/mol. The fourth-order valence-corrected chi connectivity index (χ4v) is 1.50. The highest BCUT2D eigenvalue weighted by molar-refractivity contribution is 5.66. The molecule has 1 fully saturated rings. The van der Waals surface area contributed by atoms with E-state index < -0.39 is 36.2 Å². The third kappa shape index (κ3) is 2.28. The number of rotatable bonds is 2. The zero-order valence-corrected chi connectivity index (χ0v) is 8.88. The molecule has 88 valence electrons. The first-order valence-electron chi connectivity index (χ1n) is 4.68. The number of aliphatic hydroxyl groups excluding tert-OH is 2. The van der Waals surface area contributed by atoms with Gasteiger partial charge in [0.2, 0.25) is 6.29 Å². The molecule has 0 amide bonds. The lowest BCUT2D eigenvalue weighted by Crippen LogP contribution is -2.48. The predicted molar refractivity (Wildman–Crippen MR) is 48.7 cm³/mol. The maximum atomic E-state index is 10.7.